The number of nitrogens with one attached hydrogen (secondary N) is 2. The summed E-state index contributed by atoms with van der Waals surface area (Å²) in [5, 5.41) is 12.6. The third-order valence-electron chi connectivity index (χ3n) is 8.99. The van der Waals surface area contributed by atoms with Crippen molar-refractivity contribution in [2.75, 3.05) is 72.4 Å². The summed E-state index contributed by atoms with van der Waals surface area (Å²) in [5.41, 5.74) is -0.556. The number of aromatic nitrogens is 3. The summed E-state index contributed by atoms with van der Waals surface area (Å²) in [5.74, 6) is -1.19. The number of hydrogen-bond donors (Lipinski definition) is 2. The molecule has 0 atom stereocenters. The number of urea groups is 1. The van der Waals surface area contributed by atoms with Gasteiger partial charge in [-0.05, 0) is 54.1 Å². The van der Waals surface area contributed by atoms with Gasteiger partial charge >= 0.3 is 12.0 Å². The van der Waals surface area contributed by atoms with E-state index >= 15 is 0 Å². The van der Waals surface area contributed by atoms with Crippen LogP contribution in [0, 0.1) is 5.82 Å². The van der Waals surface area contributed by atoms with E-state index in [-0.39, 0.29) is 12.2 Å². The van der Waals surface area contributed by atoms with Gasteiger partial charge < -0.3 is 23.7 Å². The van der Waals surface area contributed by atoms with Crippen LogP contribution in [0.15, 0.2) is 85.1 Å². The molecule has 2 saturated heterocycles. The molecule has 0 radical (unpaired) electrons. The molecular weight excluding hydrogens is 717 g/mol. The van der Waals surface area contributed by atoms with Gasteiger partial charge in [0, 0.05) is 32.7 Å². The van der Waals surface area contributed by atoms with Crippen molar-refractivity contribution in [2.24, 2.45) is 0 Å². The number of para-hydroxylation sites is 1. The molecular formula is C38H42FN7O9. The minimum atomic E-state index is -1.71. The molecule has 55 heavy (non-hydrogen) atoms. The number of nitrogens with zero attached hydrogens (tertiary/aromatic N) is 5. The Hall–Kier alpha value is -5.59. The molecule has 0 saturated carbocycles. The topological polar surface area (TPSA) is 176 Å². The molecule has 3 aromatic carbocycles. The van der Waals surface area contributed by atoms with E-state index in [1.807, 2.05) is 35.2 Å². The van der Waals surface area contributed by atoms with Gasteiger partial charge in [-0.25, -0.2) is 18.7 Å². The number of amides is 4. The molecule has 17 heteroatoms. The van der Waals surface area contributed by atoms with Gasteiger partial charge in [0.25, 0.3) is 11.8 Å². The lowest BCUT2D eigenvalue weighted by molar-refractivity contribution is -0.150. The van der Waals surface area contributed by atoms with Crippen LogP contribution in [0.2, 0.25) is 0 Å². The Labute approximate surface area is 316 Å². The fourth-order valence-electron chi connectivity index (χ4n) is 6.17. The molecule has 2 fully saturated rings. The molecule has 6 rings (SSSR count). The number of piperazine rings is 1. The number of hydrogen-bond acceptors (Lipinski definition) is 13. The lowest BCUT2D eigenvalue weighted by atomic mass is 9.84. The van der Waals surface area contributed by atoms with Crippen molar-refractivity contribution in [3.05, 3.63) is 108 Å². The Kier molecular flexibility index (Phi) is 13.6. The highest BCUT2D eigenvalue weighted by atomic mass is 19.1. The first-order chi connectivity index (χ1) is 26.8. The molecule has 0 aliphatic carbocycles. The monoisotopic (exact) mass is 759 g/mol. The predicted molar refractivity (Wildman–Crippen MR) is 192 cm³/mol. The first kappa shape index (κ1) is 39.1. The SMILES string of the molecule is O=C1NC(=O)C(c2ccc(Oc3ccccc3)cc2)(N2CCN(CCOCCOCCOCCn3cc(COC(=O)c4ccc(F)cc4)nn3)CC2)C(=O)N1. The van der Waals surface area contributed by atoms with Gasteiger partial charge in [0.1, 0.15) is 29.6 Å². The second-order valence-corrected chi connectivity index (χ2v) is 12.6. The number of halogens is 1. The fourth-order valence-corrected chi connectivity index (χ4v) is 6.17. The van der Waals surface area contributed by atoms with Crippen LogP contribution in [0.25, 0.3) is 0 Å². The van der Waals surface area contributed by atoms with E-state index in [9.17, 15) is 23.6 Å². The molecule has 1 aromatic heterocycles. The predicted octanol–water partition coefficient (Wildman–Crippen LogP) is 2.50. The zero-order valence-electron chi connectivity index (χ0n) is 30.1. The van der Waals surface area contributed by atoms with E-state index in [1.54, 1.807) is 35.1 Å². The van der Waals surface area contributed by atoms with Crippen LogP contribution in [-0.4, -0.2) is 121 Å². The summed E-state index contributed by atoms with van der Waals surface area (Å²) in [4.78, 5) is 55.0. The van der Waals surface area contributed by atoms with E-state index < -0.39 is 35.2 Å². The number of carbonyl (C=O) groups is 4. The average Bonchev–Trinajstić information content (AvgIpc) is 3.65. The molecule has 16 nitrogen and oxygen atoms in total. The standard InChI is InChI=1S/C38H42FN7O9/c39-30-10-6-28(7-11-30)34(47)54-27-31-26-46(43-42-31)19-21-52-23-25-53-24-22-51-20-18-44-14-16-45(17-15-44)38(35(48)40-37(50)41-36(38)49)29-8-12-33(13-9-29)55-32-4-2-1-3-5-32/h1-13,26H,14-25,27H2,(H2,40,41,48,49,50). The van der Waals surface area contributed by atoms with Crippen LogP contribution in [-0.2, 0) is 47.2 Å². The van der Waals surface area contributed by atoms with Crippen LogP contribution in [0.3, 0.4) is 0 Å². The molecule has 4 aromatic rings. The Balaban J connectivity index is 0.838. The van der Waals surface area contributed by atoms with Gasteiger partial charge in [0.05, 0.1) is 57.9 Å². The van der Waals surface area contributed by atoms with Crippen molar-refractivity contribution in [1.29, 1.82) is 0 Å². The summed E-state index contributed by atoms with van der Waals surface area (Å²) in [6.07, 6.45) is 1.66. The van der Waals surface area contributed by atoms with Gasteiger partial charge in [-0.15, -0.1) is 5.10 Å². The highest BCUT2D eigenvalue weighted by Gasteiger charge is 2.56. The second-order valence-electron chi connectivity index (χ2n) is 12.6. The minimum Gasteiger partial charge on any atom is -0.457 e. The maximum atomic E-state index is 13.5. The van der Waals surface area contributed by atoms with Crippen molar-refractivity contribution in [3.63, 3.8) is 0 Å². The quantitative estimate of drug-likeness (QED) is 0.0812. The van der Waals surface area contributed by atoms with Crippen molar-refractivity contribution >= 4 is 23.8 Å². The molecule has 4 amide bonds. The Bertz CT molecular complexity index is 1870. The van der Waals surface area contributed by atoms with Crippen LogP contribution >= 0.6 is 0 Å². The molecule has 3 heterocycles. The normalized spacial score (nSPS) is 16.1. The first-order valence-electron chi connectivity index (χ1n) is 17.8. The van der Waals surface area contributed by atoms with Gasteiger partial charge in [-0.3, -0.25) is 30.0 Å². The molecule has 0 unspecified atom stereocenters. The second kappa shape index (κ2) is 19.1. The van der Waals surface area contributed by atoms with Gasteiger partial charge in [-0.1, -0.05) is 35.5 Å². The molecule has 0 bridgehead atoms. The van der Waals surface area contributed by atoms with Crippen LogP contribution in [0.1, 0.15) is 21.6 Å². The molecule has 2 aliphatic rings. The first-order valence-corrected chi connectivity index (χ1v) is 17.8. The smallest absolute Gasteiger partial charge is 0.338 e. The van der Waals surface area contributed by atoms with Crippen molar-refractivity contribution < 1.29 is 47.3 Å². The number of esters is 1. The van der Waals surface area contributed by atoms with E-state index in [2.05, 4.69) is 25.8 Å². The highest BCUT2D eigenvalue weighted by Crippen LogP contribution is 2.34. The highest BCUT2D eigenvalue weighted by molar-refractivity contribution is 6.22. The average molecular weight is 760 g/mol. The fraction of sp³-hybridized carbons (Fsp3) is 0.368. The Morgan fingerprint density at radius 2 is 1.33 bits per heavy atom. The zero-order chi connectivity index (χ0) is 38.5. The Morgan fingerprint density at radius 1 is 0.727 bits per heavy atom. The van der Waals surface area contributed by atoms with Crippen LogP contribution in [0.4, 0.5) is 9.18 Å². The Morgan fingerprint density at radius 3 is 1.98 bits per heavy atom. The third-order valence-corrected chi connectivity index (χ3v) is 8.99. The lowest BCUT2D eigenvalue weighted by Gasteiger charge is -2.46. The summed E-state index contributed by atoms with van der Waals surface area (Å²) in [6, 6.07) is 20.3. The van der Waals surface area contributed by atoms with Crippen molar-refractivity contribution in [2.45, 2.75) is 18.7 Å². The van der Waals surface area contributed by atoms with E-state index in [1.165, 1.54) is 24.3 Å². The van der Waals surface area contributed by atoms with E-state index in [4.69, 9.17) is 23.7 Å². The molecule has 2 N–H and O–H groups in total. The molecule has 290 valence electrons. The van der Waals surface area contributed by atoms with Crippen molar-refractivity contribution in [3.8, 4) is 11.5 Å². The maximum absolute atomic E-state index is 13.5. The number of barbiturate groups is 1. The van der Waals surface area contributed by atoms with E-state index in [0.29, 0.717) is 102 Å². The number of ether oxygens (including phenoxy) is 5. The molecule has 0 spiro atoms. The number of rotatable bonds is 19. The minimum absolute atomic E-state index is 0.0585. The number of benzene rings is 3. The third kappa shape index (κ3) is 10.3. The summed E-state index contributed by atoms with van der Waals surface area (Å²) < 4.78 is 42.7. The van der Waals surface area contributed by atoms with Crippen LogP contribution in [0.5, 0.6) is 11.5 Å². The lowest BCUT2D eigenvalue weighted by Crippen LogP contribution is -2.72. The number of imide groups is 2. The van der Waals surface area contributed by atoms with Crippen molar-refractivity contribution in [1.82, 2.24) is 35.4 Å². The van der Waals surface area contributed by atoms with Gasteiger partial charge in [-0.2, -0.15) is 0 Å². The molecule has 2 aliphatic heterocycles. The summed E-state index contributed by atoms with van der Waals surface area (Å²) in [6.45, 7) is 5.51. The summed E-state index contributed by atoms with van der Waals surface area (Å²) in [7, 11) is 0. The zero-order valence-corrected chi connectivity index (χ0v) is 30.1. The van der Waals surface area contributed by atoms with Gasteiger partial charge in [0.2, 0.25) is 5.54 Å². The largest absolute Gasteiger partial charge is 0.457 e. The summed E-state index contributed by atoms with van der Waals surface area (Å²) >= 11 is 0. The van der Waals surface area contributed by atoms with Crippen LogP contribution < -0.4 is 15.4 Å². The number of carbonyl (C=O) groups excluding carboxylic acids is 4. The van der Waals surface area contributed by atoms with E-state index in [0.717, 1.165) is 0 Å². The van der Waals surface area contributed by atoms with Gasteiger partial charge in [0.15, 0.2) is 0 Å². The maximum Gasteiger partial charge on any atom is 0.338 e.